The first-order chi connectivity index (χ1) is 9.88. The third-order valence-corrected chi connectivity index (χ3v) is 5.92. The van der Waals surface area contributed by atoms with E-state index in [9.17, 15) is 8.42 Å². The molecule has 0 unspecified atom stereocenters. The number of fused-ring (bicyclic) bond motifs is 1. The van der Waals surface area contributed by atoms with Gasteiger partial charge in [0.1, 0.15) is 5.82 Å². The lowest BCUT2D eigenvalue weighted by molar-refractivity contribution is 0.248. The molecule has 0 bridgehead atoms. The molecule has 112 valence electrons. The van der Waals surface area contributed by atoms with Crippen molar-refractivity contribution in [1.29, 1.82) is 0 Å². The number of imidazole rings is 1. The zero-order valence-electron chi connectivity index (χ0n) is 11.8. The molecule has 1 aliphatic heterocycles. The number of nitrogens with zero attached hydrogens (tertiary/aromatic N) is 3. The Hall–Kier alpha value is -1.37. The minimum Gasteiger partial charge on any atom is -0.337 e. The molecule has 1 atom stereocenters. The zero-order valence-corrected chi connectivity index (χ0v) is 13.4. The second-order valence-electron chi connectivity index (χ2n) is 5.35. The number of hydrogen-bond acceptors (Lipinski definition) is 4. The third-order valence-electron chi connectivity index (χ3n) is 3.89. The number of aromatic nitrogens is 2. The van der Waals surface area contributed by atoms with Gasteiger partial charge in [0, 0.05) is 24.5 Å². The maximum atomic E-state index is 12.3. The summed E-state index contributed by atoms with van der Waals surface area (Å²) in [5.74, 6) is 0.981. The Bertz CT molecular complexity index is 785. The topological polar surface area (TPSA) is 55.2 Å². The molecule has 5 nitrogen and oxygen atoms in total. The largest absolute Gasteiger partial charge is 0.337 e. The summed E-state index contributed by atoms with van der Waals surface area (Å²) in [5.41, 5.74) is 0.777. The Balaban J connectivity index is 1.94. The van der Waals surface area contributed by atoms with E-state index < -0.39 is 9.84 Å². The van der Waals surface area contributed by atoms with Gasteiger partial charge in [-0.1, -0.05) is 11.6 Å². The van der Waals surface area contributed by atoms with Crippen molar-refractivity contribution in [2.45, 2.75) is 17.5 Å². The third kappa shape index (κ3) is 2.59. The highest BCUT2D eigenvalue weighted by atomic mass is 35.5. The summed E-state index contributed by atoms with van der Waals surface area (Å²) < 4.78 is 26.4. The molecule has 0 aliphatic carbocycles. The van der Waals surface area contributed by atoms with E-state index in [1.807, 2.05) is 29.8 Å². The van der Waals surface area contributed by atoms with Crippen LogP contribution in [-0.4, -0.2) is 35.7 Å². The van der Waals surface area contributed by atoms with Crippen LogP contribution >= 0.6 is 11.6 Å². The van der Waals surface area contributed by atoms with E-state index in [1.54, 1.807) is 24.4 Å². The van der Waals surface area contributed by atoms with E-state index in [-0.39, 0.29) is 11.8 Å². The Labute approximate surface area is 129 Å². The van der Waals surface area contributed by atoms with Crippen LogP contribution in [0.15, 0.2) is 35.5 Å². The van der Waals surface area contributed by atoms with Gasteiger partial charge >= 0.3 is 0 Å². The number of benzene rings is 1. The van der Waals surface area contributed by atoms with Crippen LogP contribution < -0.4 is 0 Å². The molecule has 3 rings (SSSR count). The highest BCUT2D eigenvalue weighted by molar-refractivity contribution is 7.91. The molecule has 0 saturated carbocycles. The van der Waals surface area contributed by atoms with Crippen LogP contribution in [0.2, 0.25) is 5.02 Å². The van der Waals surface area contributed by atoms with Gasteiger partial charge in [-0.25, -0.2) is 13.4 Å². The van der Waals surface area contributed by atoms with Crippen LogP contribution in [0.4, 0.5) is 0 Å². The van der Waals surface area contributed by atoms with Crippen molar-refractivity contribution in [3.05, 3.63) is 47.0 Å². The standard InChI is InChI=1S/C14H16ClN3O2S/c1-17-6-5-16-14(17)8-18(2)12-9-21(19,20)13-4-3-10(15)7-11(12)13/h3-7,12H,8-9H2,1-2H3/t12-/m1/s1. The van der Waals surface area contributed by atoms with Crippen LogP contribution in [0.3, 0.4) is 0 Å². The normalized spacial score (nSPS) is 19.9. The predicted molar refractivity (Wildman–Crippen MR) is 80.9 cm³/mol. The van der Waals surface area contributed by atoms with Gasteiger partial charge in [0.05, 0.1) is 23.2 Å². The summed E-state index contributed by atoms with van der Waals surface area (Å²) in [6.07, 6.45) is 3.61. The van der Waals surface area contributed by atoms with Crippen molar-refractivity contribution < 1.29 is 8.42 Å². The molecule has 0 saturated heterocycles. The molecule has 2 aromatic rings. The maximum absolute atomic E-state index is 12.3. The number of sulfone groups is 1. The van der Waals surface area contributed by atoms with Crippen molar-refractivity contribution >= 4 is 21.4 Å². The van der Waals surface area contributed by atoms with Crippen LogP contribution in [0, 0.1) is 0 Å². The molecule has 2 heterocycles. The molecule has 1 aromatic carbocycles. The molecule has 0 fully saturated rings. The summed E-state index contributed by atoms with van der Waals surface area (Å²) in [4.78, 5) is 6.68. The lowest BCUT2D eigenvalue weighted by Crippen LogP contribution is -2.26. The smallest absolute Gasteiger partial charge is 0.180 e. The molecular formula is C14H16ClN3O2S. The minimum atomic E-state index is -3.23. The van der Waals surface area contributed by atoms with Gasteiger partial charge in [-0.15, -0.1) is 0 Å². The lowest BCUT2D eigenvalue weighted by Gasteiger charge is -2.23. The van der Waals surface area contributed by atoms with Crippen molar-refractivity contribution in [2.24, 2.45) is 7.05 Å². The van der Waals surface area contributed by atoms with Gasteiger partial charge < -0.3 is 4.57 Å². The highest BCUT2D eigenvalue weighted by Gasteiger charge is 2.37. The fourth-order valence-electron chi connectivity index (χ4n) is 2.70. The molecule has 0 spiro atoms. The van der Waals surface area contributed by atoms with Gasteiger partial charge in [-0.05, 0) is 30.8 Å². The van der Waals surface area contributed by atoms with E-state index in [4.69, 9.17) is 11.6 Å². The molecule has 0 amide bonds. The average molecular weight is 326 g/mol. The Morgan fingerprint density at radius 2 is 2.24 bits per heavy atom. The quantitative estimate of drug-likeness (QED) is 0.866. The van der Waals surface area contributed by atoms with Gasteiger partial charge in [-0.3, -0.25) is 4.90 Å². The monoisotopic (exact) mass is 325 g/mol. The molecule has 0 N–H and O–H groups in total. The molecule has 21 heavy (non-hydrogen) atoms. The second-order valence-corrected chi connectivity index (χ2v) is 7.79. The Kier molecular flexibility index (Phi) is 3.55. The maximum Gasteiger partial charge on any atom is 0.180 e. The fourth-order valence-corrected chi connectivity index (χ4v) is 4.74. The first-order valence-electron chi connectivity index (χ1n) is 6.57. The van der Waals surface area contributed by atoms with Crippen molar-refractivity contribution in [2.75, 3.05) is 12.8 Å². The zero-order chi connectivity index (χ0) is 15.2. The average Bonchev–Trinajstić information content (AvgIpc) is 2.92. The Morgan fingerprint density at radius 1 is 1.48 bits per heavy atom. The number of aryl methyl sites for hydroxylation is 1. The van der Waals surface area contributed by atoms with Crippen LogP contribution in [-0.2, 0) is 23.4 Å². The van der Waals surface area contributed by atoms with Crippen molar-refractivity contribution in [1.82, 2.24) is 14.5 Å². The first-order valence-corrected chi connectivity index (χ1v) is 8.60. The number of hydrogen-bond donors (Lipinski definition) is 0. The van der Waals surface area contributed by atoms with E-state index in [0.717, 1.165) is 11.4 Å². The van der Waals surface area contributed by atoms with E-state index in [0.29, 0.717) is 16.5 Å². The summed E-state index contributed by atoms with van der Waals surface area (Å²) in [6, 6.07) is 4.78. The van der Waals surface area contributed by atoms with E-state index in [2.05, 4.69) is 4.98 Å². The SMILES string of the molecule is CN(Cc1nccn1C)[C@@H]1CS(=O)(=O)c2ccc(Cl)cc21. The second kappa shape index (κ2) is 5.12. The summed E-state index contributed by atoms with van der Waals surface area (Å²) in [6.45, 7) is 0.579. The Morgan fingerprint density at radius 3 is 2.90 bits per heavy atom. The fraction of sp³-hybridized carbons (Fsp3) is 0.357. The van der Waals surface area contributed by atoms with Crippen molar-refractivity contribution in [3.63, 3.8) is 0 Å². The van der Waals surface area contributed by atoms with Gasteiger partial charge in [0.15, 0.2) is 9.84 Å². The molecule has 1 aromatic heterocycles. The van der Waals surface area contributed by atoms with Crippen molar-refractivity contribution in [3.8, 4) is 0 Å². The van der Waals surface area contributed by atoms with Crippen LogP contribution in [0.1, 0.15) is 17.4 Å². The molecule has 1 aliphatic rings. The van der Waals surface area contributed by atoms with E-state index in [1.165, 1.54) is 0 Å². The molecule has 7 heteroatoms. The minimum absolute atomic E-state index is 0.0869. The molecular weight excluding hydrogens is 310 g/mol. The van der Waals surface area contributed by atoms with Gasteiger partial charge in [0.2, 0.25) is 0 Å². The number of rotatable bonds is 3. The highest BCUT2D eigenvalue weighted by Crippen LogP contribution is 2.38. The number of halogens is 1. The van der Waals surface area contributed by atoms with Crippen LogP contribution in [0.25, 0.3) is 0 Å². The van der Waals surface area contributed by atoms with Gasteiger partial charge in [0.25, 0.3) is 0 Å². The summed E-state index contributed by atoms with van der Waals surface area (Å²) in [5, 5.41) is 0.557. The molecule has 0 radical (unpaired) electrons. The summed E-state index contributed by atoms with van der Waals surface area (Å²) in [7, 11) is 0.598. The first kappa shape index (κ1) is 14.6. The lowest BCUT2D eigenvalue weighted by atomic mass is 10.1. The van der Waals surface area contributed by atoms with E-state index >= 15 is 0 Å². The summed E-state index contributed by atoms with van der Waals surface area (Å²) >= 11 is 6.02. The van der Waals surface area contributed by atoms with Gasteiger partial charge in [-0.2, -0.15) is 0 Å². The van der Waals surface area contributed by atoms with Crippen LogP contribution in [0.5, 0.6) is 0 Å². The predicted octanol–water partition coefficient (Wildman–Crippen LogP) is 2.03.